The zero-order chi connectivity index (χ0) is 21.0. The van der Waals surface area contributed by atoms with Crippen LogP contribution in [0.1, 0.15) is 64.6 Å². The fourth-order valence-electron chi connectivity index (χ4n) is 3.98. The molecule has 0 saturated carbocycles. The summed E-state index contributed by atoms with van der Waals surface area (Å²) in [6, 6.07) is 8.39. The third kappa shape index (κ3) is 5.08. The number of carbonyl (C=O) groups excluding carboxylic acids is 2. The molecule has 1 aromatic carbocycles. The van der Waals surface area contributed by atoms with E-state index in [1.165, 1.54) is 5.56 Å². The molecule has 0 unspecified atom stereocenters. The van der Waals surface area contributed by atoms with E-state index in [1.54, 1.807) is 0 Å². The van der Waals surface area contributed by atoms with Gasteiger partial charge in [-0.05, 0) is 68.2 Å². The number of hydrogen-bond acceptors (Lipinski definition) is 2. The highest BCUT2D eigenvalue weighted by Gasteiger charge is 2.27. The van der Waals surface area contributed by atoms with Crippen molar-refractivity contribution in [3.63, 3.8) is 0 Å². The lowest BCUT2D eigenvalue weighted by molar-refractivity contribution is -0.122. The molecule has 5 nitrogen and oxygen atoms in total. The van der Waals surface area contributed by atoms with E-state index < -0.39 is 0 Å². The molecule has 3 rings (SSSR count). The number of carbonyl (C=O) groups is 2. The van der Waals surface area contributed by atoms with Crippen LogP contribution in [0.2, 0.25) is 0 Å². The van der Waals surface area contributed by atoms with Crippen LogP contribution in [-0.4, -0.2) is 34.8 Å². The van der Waals surface area contributed by atoms with Crippen LogP contribution in [0.5, 0.6) is 0 Å². The van der Waals surface area contributed by atoms with Crippen LogP contribution in [-0.2, 0) is 17.8 Å². The smallest absolute Gasteiger partial charge is 0.270 e. The average Bonchev–Trinajstić information content (AvgIpc) is 3.00. The lowest BCUT2D eigenvalue weighted by Gasteiger charge is -2.31. The number of nitrogens with zero attached hydrogens (tertiary/aromatic N) is 1. The van der Waals surface area contributed by atoms with Crippen molar-refractivity contribution in [1.82, 2.24) is 15.2 Å². The van der Waals surface area contributed by atoms with Gasteiger partial charge in [0.25, 0.3) is 5.91 Å². The Balaban J connectivity index is 1.44. The summed E-state index contributed by atoms with van der Waals surface area (Å²) in [6.07, 6.45) is 3.31. The summed E-state index contributed by atoms with van der Waals surface area (Å²) >= 11 is 0. The SMILES string of the molecule is CCc1ccc(CNC(=O)CC2CCN(C(=O)c3[nH]c(C)c(C)c3C)CC2)cc1. The molecule has 1 aliphatic heterocycles. The first-order chi connectivity index (χ1) is 13.9. The molecule has 0 radical (unpaired) electrons. The molecule has 1 fully saturated rings. The Labute approximate surface area is 173 Å². The van der Waals surface area contributed by atoms with Gasteiger partial charge in [0.2, 0.25) is 5.91 Å². The minimum absolute atomic E-state index is 0.0807. The minimum Gasteiger partial charge on any atom is -0.354 e. The van der Waals surface area contributed by atoms with Gasteiger partial charge in [-0.15, -0.1) is 0 Å². The molecular formula is C24H33N3O2. The second kappa shape index (κ2) is 9.29. The Kier molecular flexibility index (Phi) is 6.78. The number of aromatic amines is 1. The summed E-state index contributed by atoms with van der Waals surface area (Å²) in [5.41, 5.74) is 6.40. The van der Waals surface area contributed by atoms with Gasteiger partial charge >= 0.3 is 0 Å². The van der Waals surface area contributed by atoms with Crippen LogP contribution in [0.25, 0.3) is 0 Å². The van der Waals surface area contributed by atoms with Gasteiger partial charge < -0.3 is 15.2 Å². The molecule has 1 aliphatic rings. The maximum atomic E-state index is 12.8. The third-order valence-corrected chi connectivity index (χ3v) is 6.32. The zero-order valence-corrected chi connectivity index (χ0v) is 18.1. The molecule has 1 aromatic heterocycles. The van der Waals surface area contributed by atoms with E-state index in [-0.39, 0.29) is 11.8 Å². The first-order valence-corrected chi connectivity index (χ1v) is 10.7. The highest BCUT2D eigenvalue weighted by atomic mass is 16.2. The Morgan fingerprint density at radius 1 is 1.03 bits per heavy atom. The number of benzene rings is 1. The van der Waals surface area contributed by atoms with Crippen molar-refractivity contribution in [1.29, 1.82) is 0 Å². The second-order valence-electron chi connectivity index (χ2n) is 8.26. The molecule has 0 spiro atoms. The molecule has 2 heterocycles. The van der Waals surface area contributed by atoms with Gasteiger partial charge in [-0.25, -0.2) is 0 Å². The van der Waals surface area contributed by atoms with Crippen molar-refractivity contribution in [3.8, 4) is 0 Å². The number of amides is 2. The maximum Gasteiger partial charge on any atom is 0.270 e. The van der Waals surface area contributed by atoms with Gasteiger partial charge in [0.15, 0.2) is 0 Å². The molecule has 0 bridgehead atoms. The van der Waals surface area contributed by atoms with E-state index in [2.05, 4.69) is 41.5 Å². The third-order valence-electron chi connectivity index (χ3n) is 6.32. The van der Waals surface area contributed by atoms with E-state index in [1.807, 2.05) is 25.7 Å². The van der Waals surface area contributed by atoms with Crippen LogP contribution < -0.4 is 5.32 Å². The Morgan fingerprint density at radius 3 is 2.21 bits per heavy atom. The highest BCUT2D eigenvalue weighted by molar-refractivity contribution is 5.94. The lowest BCUT2D eigenvalue weighted by atomic mass is 9.93. The molecular weight excluding hydrogens is 362 g/mol. The summed E-state index contributed by atoms with van der Waals surface area (Å²) in [5.74, 6) is 0.521. The molecule has 156 valence electrons. The number of aromatic nitrogens is 1. The number of aryl methyl sites for hydroxylation is 2. The zero-order valence-electron chi connectivity index (χ0n) is 18.1. The lowest BCUT2D eigenvalue weighted by Crippen LogP contribution is -2.40. The van der Waals surface area contributed by atoms with Gasteiger partial charge in [0, 0.05) is 31.7 Å². The predicted molar refractivity (Wildman–Crippen MR) is 116 cm³/mol. The summed E-state index contributed by atoms with van der Waals surface area (Å²) < 4.78 is 0. The van der Waals surface area contributed by atoms with E-state index in [4.69, 9.17) is 0 Å². The fraction of sp³-hybridized carbons (Fsp3) is 0.500. The van der Waals surface area contributed by atoms with Crippen molar-refractivity contribution >= 4 is 11.8 Å². The molecule has 0 atom stereocenters. The van der Waals surface area contributed by atoms with Gasteiger partial charge in [-0.2, -0.15) is 0 Å². The number of H-pyrrole nitrogens is 1. The van der Waals surface area contributed by atoms with E-state index in [0.29, 0.717) is 37.7 Å². The number of rotatable bonds is 6. The van der Waals surface area contributed by atoms with Crippen molar-refractivity contribution in [3.05, 3.63) is 57.9 Å². The Bertz CT molecular complexity index is 859. The highest BCUT2D eigenvalue weighted by Crippen LogP contribution is 2.24. The normalized spacial score (nSPS) is 14.8. The Morgan fingerprint density at radius 2 is 1.66 bits per heavy atom. The summed E-state index contributed by atoms with van der Waals surface area (Å²) in [4.78, 5) is 30.3. The van der Waals surface area contributed by atoms with Crippen molar-refractivity contribution in [2.75, 3.05) is 13.1 Å². The minimum atomic E-state index is 0.0807. The summed E-state index contributed by atoms with van der Waals surface area (Å²) in [5, 5.41) is 3.04. The monoisotopic (exact) mass is 395 g/mol. The fourth-order valence-corrected chi connectivity index (χ4v) is 3.98. The van der Waals surface area contributed by atoms with Crippen LogP contribution in [0.4, 0.5) is 0 Å². The average molecular weight is 396 g/mol. The molecule has 2 aromatic rings. The van der Waals surface area contributed by atoms with Crippen LogP contribution >= 0.6 is 0 Å². The largest absolute Gasteiger partial charge is 0.354 e. The van der Waals surface area contributed by atoms with E-state index in [0.717, 1.165) is 41.6 Å². The van der Waals surface area contributed by atoms with Gasteiger partial charge in [-0.3, -0.25) is 9.59 Å². The molecule has 5 heteroatoms. The van der Waals surface area contributed by atoms with E-state index in [9.17, 15) is 9.59 Å². The predicted octanol–water partition coefficient (Wildman–Crippen LogP) is 4.06. The van der Waals surface area contributed by atoms with Gasteiger partial charge in [0.1, 0.15) is 5.69 Å². The number of nitrogens with one attached hydrogen (secondary N) is 2. The second-order valence-corrected chi connectivity index (χ2v) is 8.26. The summed E-state index contributed by atoms with van der Waals surface area (Å²) in [6.45, 7) is 10.2. The number of hydrogen-bond donors (Lipinski definition) is 2. The van der Waals surface area contributed by atoms with Gasteiger partial charge in [0.05, 0.1) is 0 Å². The molecule has 2 N–H and O–H groups in total. The standard InChI is InChI=1S/C24H33N3O2/c1-5-19-6-8-21(9-7-19)15-25-22(28)14-20-10-12-27(13-11-20)24(29)23-17(3)16(2)18(4)26-23/h6-9,20,26H,5,10-15H2,1-4H3,(H,25,28). The van der Waals surface area contributed by atoms with Crippen LogP contribution in [0, 0.1) is 26.7 Å². The number of likely N-dealkylation sites (tertiary alicyclic amines) is 1. The first kappa shape index (κ1) is 21.2. The topological polar surface area (TPSA) is 65.2 Å². The summed E-state index contributed by atoms with van der Waals surface area (Å²) in [7, 11) is 0. The van der Waals surface area contributed by atoms with Crippen LogP contribution in [0.15, 0.2) is 24.3 Å². The van der Waals surface area contributed by atoms with Crippen molar-refractivity contribution < 1.29 is 9.59 Å². The first-order valence-electron chi connectivity index (χ1n) is 10.7. The quantitative estimate of drug-likeness (QED) is 0.775. The Hall–Kier alpha value is -2.56. The molecule has 2 amide bonds. The van der Waals surface area contributed by atoms with Gasteiger partial charge in [-0.1, -0.05) is 31.2 Å². The van der Waals surface area contributed by atoms with Crippen molar-refractivity contribution in [2.24, 2.45) is 5.92 Å². The number of piperidine rings is 1. The maximum absolute atomic E-state index is 12.8. The van der Waals surface area contributed by atoms with Crippen molar-refractivity contribution in [2.45, 2.75) is 59.9 Å². The van der Waals surface area contributed by atoms with Crippen LogP contribution in [0.3, 0.4) is 0 Å². The molecule has 1 saturated heterocycles. The van der Waals surface area contributed by atoms with E-state index >= 15 is 0 Å². The molecule has 29 heavy (non-hydrogen) atoms. The molecule has 0 aliphatic carbocycles.